The number of hydrogen-bond donors (Lipinski definition) is 1. The predicted octanol–water partition coefficient (Wildman–Crippen LogP) is 2.88. The maximum atomic E-state index is 13.2. The van der Waals surface area contributed by atoms with Crippen LogP contribution in [-0.4, -0.2) is 32.0 Å². The summed E-state index contributed by atoms with van der Waals surface area (Å²) in [5.74, 6) is -6.10. The van der Waals surface area contributed by atoms with E-state index in [0.717, 1.165) is 25.1 Å². The fraction of sp³-hybridized carbons (Fsp3) is 0.462. The van der Waals surface area contributed by atoms with Gasteiger partial charge in [-0.25, -0.2) is 8.42 Å². The third-order valence-electron chi connectivity index (χ3n) is 3.06. The van der Waals surface area contributed by atoms with Crippen LogP contribution in [0.25, 0.3) is 0 Å². The molecule has 0 radical (unpaired) electrons. The van der Waals surface area contributed by atoms with Gasteiger partial charge in [0.2, 0.25) is 5.91 Å². The van der Waals surface area contributed by atoms with Crippen molar-refractivity contribution in [1.82, 2.24) is 0 Å². The fourth-order valence-corrected chi connectivity index (χ4v) is 3.84. The Morgan fingerprint density at radius 1 is 1.17 bits per heavy atom. The van der Waals surface area contributed by atoms with Crippen LogP contribution in [0.15, 0.2) is 18.2 Å². The highest BCUT2D eigenvalue weighted by molar-refractivity contribution is 7.91. The molecule has 0 bridgehead atoms. The highest BCUT2D eigenvalue weighted by Gasteiger charge is 2.40. The van der Waals surface area contributed by atoms with E-state index in [9.17, 15) is 39.6 Å². The van der Waals surface area contributed by atoms with Gasteiger partial charge >= 0.3 is 12.4 Å². The topological polar surface area (TPSA) is 77.2 Å². The molecule has 2 N–H and O–H groups in total. The van der Waals surface area contributed by atoms with Crippen LogP contribution >= 0.6 is 0 Å². The van der Waals surface area contributed by atoms with E-state index < -0.39 is 62.2 Å². The lowest BCUT2D eigenvalue weighted by Gasteiger charge is -2.20. The molecule has 0 aliphatic rings. The van der Waals surface area contributed by atoms with E-state index in [1.807, 2.05) is 0 Å². The van der Waals surface area contributed by atoms with Crippen molar-refractivity contribution in [3.63, 3.8) is 0 Å². The molecule has 136 valence electrons. The first-order valence-corrected chi connectivity index (χ1v) is 8.23. The van der Waals surface area contributed by atoms with Crippen molar-refractivity contribution in [1.29, 1.82) is 0 Å². The zero-order valence-corrected chi connectivity index (χ0v) is 13.0. The lowest BCUT2D eigenvalue weighted by atomic mass is 9.92. The molecule has 0 aliphatic heterocycles. The Labute approximate surface area is 133 Å². The Hall–Kier alpha value is -1.78. The SMILES string of the molecule is C[C@@H](CS(=O)(=O)CC(F)(F)F)c1cccc(C(N)=O)c1C(F)(F)F. The maximum absolute atomic E-state index is 13.2. The van der Waals surface area contributed by atoms with E-state index >= 15 is 0 Å². The molecular weight excluding hydrogens is 364 g/mol. The van der Waals surface area contributed by atoms with Crippen LogP contribution < -0.4 is 5.73 Å². The molecule has 1 amide bonds. The molecule has 0 aromatic heterocycles. The second kappa shape index (κ2) is 6.61. The van der Waals surface area contributed by atoms with Crippen LogP contribution in [0.4, 0.5) is 26.3 Å². The van der Waals surface area contributed by atoms with Crippen LogP contribution in [0.1, 0.15) is 34.3 Å². The summed E-state index contributed by atoms with van der Waals surface area (Å²) in [6.07, 6.45) is -10.0. The lowest BCUT2D eigenvalue weighted by Crippen LogP contribution is -2.28. The van der Waals surface area contributed by atoms with Gasteiger partial charge in [0.1, 0.15) is 5.75 Å². The van der Waals surface area contributed by atoms with Gasteiger partial charge in [-0.1, -0.05) is 19.1 Å². The van der Waals surface area contributed by atoms with Gasteiger partial charge in [-0.15, -0.1) is 0 Å². The van der Waals surface area contributed by atoms with E-state index in [-0.39, 0.29) is 0 Å². The van der Waals surface area contributed by atoms with Gasteiger partial charge in [0.05, 0.1) is 16.9 Å². The first-order chi connectivity index (χ1) is 10.6. The van der Waals surface area contributed by atoms with Gasteiger partial charge in [-0.3, -0.25) is 4.79 Å². The molecule has 0 aliphatic carbocycles. The smallest absolute Gasteiger partial charge is 0.366 e. The average molecular weight is 377 g/mol. The predicted molar refractivity (Wildman–Crippen MR) is 73.1 cm³/mol. The van der Waals surface area contributed by atoms with Crippen LogP contribution in [-0.2, 0) is 16.0 Å². The standard InChI is InChI=1S/C13H13F6NO3S/c1-7(5-24(22,23)6-12(14,15)16)8-3-2-4-9(11(20)21)10(8)13(17,18)19/h2-4,7H,5-6H2,1H3,(H2,20,21)/t7-/m0/s1. The van der Waals surface area contributed by atoms with E-state index in [1.54, 1.807) is 0 Å². The number of hydrogen-bond acceptors (Lipinski definition) is 3. The zero-order valence-electron chi connectivity index (χ0n) is 12.2. The molecule has 1 aromatic rings. The molecule has 1 atom stereocenters. The monoisotopic (exact) mass is 377 g/mol. The largest absolute Gasteiger partial charge is 0.417 e. The van der Waals surface area contributed by atoms with Crippen molar-refractivity contribution in [3.8, 4) is 0 Å². The number of carbonyl (C=O) groups excluding carboxylic acids is 1. The van der Waals surface area contributed by atoms with E-state index in [1.165, 1.54) is 0 Å². The summed E-state index contributed by atoms with van der Waals surface area (Å²) in [7, 11) is -4.69. The highest BCUT2D eigenvalue weighted by atomic mass is 32.2. The number of rotatable bonds is 5. The van der Waals surface area contributed by atoms with Crippen LogP contribution in [0, 0.1) is 0 Å². The quantitative estimate of drug-likeness (QED) is 0.802. The number of sulfone groups is 1. The highest BCUT2D eigenvalue weighted by Crippen LogP contribution is 2.38. The van der Waals surface area contributed by atoms with Gasteiger partial charge in [-0.2, -0.15) is 26.3 Å². The van der Waals surface area contributed by atoms with Crippen LogP contribution in [0.3, 0.4) is 0 Å². The molecule has 1 aromatic carbocycles. The number of benzene rings is 1. The normalized spacial score (nSPS) is 14.5. The molecule has 0 saturated heterocycles. The van der Waals surface area contributed by atoms with Crippen LogP contribution in [0.5, 0.6) is 0 Å². The minimum absolute atomic E-state index is 0.607. The maximum Gasteiger partial charge on any atom is 0.417 e. The molecule has 0 spiro atoms. The summed E-state index contributed by atoms with van der Waals surface area (Å²) in [6.45, 7) is 1.03. The first-order valence-electron chi connectivity index (χ1n) is 6.41. The Balaban J connectivity index is 3.32. The molecule has 0 saturated carbocycles. The second-order valence-electron chi connectivity index (χ2n) is 5.20. The van der Waals surface area contributed by atoms with Crippen molar-refractivity contribution in [2.45, 2.75) is 25.2 Å². The average Bonchev–Trinajstić information content (AvgIpc) is 2.32. The van der Waals surface area contributed by atoms with E-state index in [2.05, 4.69) is 0 Å². The summed E-state index contributed by atoms with van der Waals surface area (Å²) in [6, 6.07) is 2.77. The second-order valence-corrected chi connectivity index (χ2v) is 7.31. The van der Waals surface area contributed by atoms with E-state index in [0.29, 0.717) is 0 Å². The van der Waals surface area contributed by atoms with Crippen LogP contribution in [0.2, 0.25) is 0 Å². The number of alkyl halides is 6. The fourth-order valence-electron chi connectivity index (χ4n) is 2.28. The summed E-state index contributed by atoms with van der Waals surface area (Å²) in [4.78, 5) is 11.2. The lowest BCUT2D eigenvalue weighted by molar-refractivity contribution is -0.138. The molecule has 0 fully saturated rings. The van der Waals surface area contributed by atoms with Gasteiger partial charge in [-0.05, 0) is 17.5 Å². The summed E-state index contributed by atoms with van der Waals surface area (Å²) in [5, 5.41) is 0. The number of halogens is 6. The van der Waals surface area contributed by atoms with Gasteiger partial charge in [0.15, 0.2) is 9.84 Å². The number of nitrogens with two attached hydrogens (primary N) is 1. The number of primary amides is 1. The van der Waals surface area contributed by atoms with Crippen molar-refractivity contribution in [2.75, 3.05) is 11.5 Å². The number of amides is 1. The molecule has 24 heavy (non-hydrogen) atoms. The minimum atomic E-state index is -5.02. The molecular formula is C13H13F6NO3S. The Bertz CT molecular complexity index is 724. The summed E-state index contributed by atoms with van der Waals surface area (Å²) >= 11 is 0. The Morgan fingerprint density at radius 2 is 1.71 bits per heavy atom. The summed E-state index contributed by atoms with van der Waals surface area (Å²) in [5.41, 5.74) is 1.97. The van der Waals surface area contributed by atoms with E-state index in [4.69, 9.17) is 5.73 Å². The zero-order chi connectivity index (χ0) is 18.9. The van der Waals surface area contributed by atoms with Crippen molar-refractivity contribution in [2.24, 2.45) is 5.73 Å². The molecule has 0 heterocycles. The summed E-state index contributed by atoms with van der Waals surface area (Å²) < 4.78 is 99.3. The molecule has 4 nitrogen and oxygen atoms in total. The molecule has 0 unspecified atom stereocenters. The Morgan fingerprint density at radius 3 is 2.12 bits per heavy atom. The first kappa shape index (κ1) is 20.3. The minimum Gasteiger partial charge on any atom is -0.366 e. The molecule has 1 rings (SSSR count). The number of carbonyl (C=O) groups is 1. The third kappa shape index (κ3) is 5.39. The molecule has 11 heteroatoms. The third-order valence-corrected chi connectivity index (χ3v) is 4.84. The van der Waals surface area contributed by atoms with Gasteiger partial charge in [0.25, 0.3) is 0 Å². The van der Waals surface area contributed by atoms with Crippen molar-refractivity contribution < 1.29 is 39.6 Å². The van der Waals surface area contributed by atoms with Crippen molar-refractivity contribution >= 4 is 15.7 Å². The Kier molecular flexibility index (Phi) is 5.58. The van der Waals surface area contributed by atoms with Crippen molar-refractivity contribution in [3.05, 3.63) is 34.9 Å². The van der Waals surface area contributed by atoms with Gasteiger partial charge < -0.3 is 5.73 Å². The van der Waals surface area contributed by atoms with Gasteiger partial charge in [0, 0.05) is 0 Å².